The fraction of sp³-hybridized carbons (Fsp3) is 0.455. The molecule has 6 heteroatoms. The fourth-order valence-corrected chi connectivity index (χ4v) is 2.56. The Morgan fingerprint density at radius 3 is 3.12 bits per heavy atom. The molecule has 1 N–H and O–H groups in total. The number of hydrogen-bond donors (Lipinski definition) is 1. The third-order valence-corrected chi connectivity index (χ3v) is 3.74. The van der Waals surface area contributed by atoms with E-state index in [1.165, 1.54) is 6.20 Å². The quantitative estimate of drug-likeness (QED) is 0.827. The van der Waals surface area contributed by atoms with Crippen LogP contribution in [0.2, 0.25) is 0 Å². The number of aliphatic hydroxyl groups excluding tert-OH is 1. The maximum Gasteiger partial charge on any atom is 0.184 e. The average Bonchev–Trinajstić information content (AvgIpc) is 2.78. The highest BCUT2D eigenvalue weighted by molar-refractivity contribution is 14.1. The maximum atomic E-state index is 14.1. The van der Waals surface area contributed by atoms with Crippen LogP contribution < -0.4 is 4.90 Å². The first-order chi connectivity index (χ1) is 8.19. The van der Waals surface area contributed by atoms with E-state index in [9.17, 15) is 9.50 Å². The molecular weight excluding hydrogens is 336 g/mol. The van der Waals surface area contributed by atoms with Crippen LogP contribution in [-0.2, 0) is 0 Å². The van der Waals surface area contributed by atoms with Crippen LogP contribution in [0.3, 0.4) is 0 Å². The molecule has 0 saturated carbocycles. The molecule has 1 atom stereocenters. The number of aromatic nitrogens is 1. The van der Waals surface area contributed by atoms with Crippen molar-refractivity contribution < 1.29 is 9.50 Å². The second-order valence-electron chi connectivity index (χ2n) is 3.90. The molecule has 4 nitrogen and oxygen atoms in total. The number of nitriles is 1. The van der Waals surface area contributed by atoms with Gasteiger partial charge in [0.15, 0.2) is 11.6 Å². The minimum atomic E-state index is -0.584. The van der Waals surface area contributed by atoms with E-state index < -0.39 is 5.82 Å². The van der Waals surface area contributed by atoms with Crippen LogP contribution in [0.15, 0.2) is 6.20 Å². The Morgan fingerprint density at radius 1 is 1.71 bits per heavy atom. The predicted octanol–water partition coefficient (Wildman–Crippen LogP) is 1.66. The van der Waals surface area contributed by atoms with Crippen molar-refractivity contribution >= 4 is 28.4 Å². The lowest BCUT2D eigenvalue weighted by atomic mass is 10.2. The summed E-state index contributed by atoms with van der Waals surface area (Å²) in [6.45, 7) is 0.648. The Balaban J connectivity index is 2.43. The molecule has 1 aliphatic heterocycles. The molecule has 0 bridgehead atoms. The zero-order valence-electron chi connectivity index (χ0n) is 9.03. The molecule has 1 saturated heterocycles. The zero-order valence-corrected chi connectivity index (χ0v) is 11.2. The van der Waals surface area contributed by atoms with Crippen molar-refractivity contribution in [1.82, 2.24) is 4.98 Å². The minimum absolute atomic E-state index is 0.0189. The second kappa shape index (κ2) is 5.14. The highest BCUT2D eigenvalue weighted by Gasteiger charge is 2.28. The largest absolute Gasteiger partial charge is 0.394 e. The van der Waals surface area contributed by atoms with E-state index in [0.717, 1.165) is 12.8 Å². The summed E-state index contributed by atoms with van der Waals surface area (Å²) >= 11 is 1.89. The van der Waals surface area contributed by atoms with Crippen molar-refractivity contribution in [1.29, 1.82) is 5.26 Å². The summed E-state index contributed by atoms with van der Waals surface area (Å²) in [4.78, 5) is 5.79. The van der Waals surface area contributed by atoms with E-state index in [1.807, 2.05) is 28.7 Å². The Bertz CT molecular complexity index is 475. The summed E-state index contributed by atoms with van der Waals surface area (Å²) in [7, 11) is 0. The number of rotatable bonds is 2. The van der Waals surface area contributed by atoms with Gasteiger partial charge in [0.1, 0.15) is 11.6 Å². The van der Waals surface area contributed by atoms with E-state index in [0.29, 0.717) is 10.1 Å². The van der Waals surface area contributed by atoms with Gasteiger partial charge in [0.05, 0.1) is 16.2 Å². The molecule has 0 unspecified atom stereocenters. The summed E-state index contributed by atoms with van der Waals surface area (Å²) in [5, 5.41) is 18.1. The lowest BCUT2D eigenvalue weighted by molar-refractivity contribution is 0.265. The summed E-state index contributed by atoms with van der Waals surface area (Å²) in [5.41, 5.74) is 0.0270. The van der Waals surface area contributed by atoms with Crippen LogP contribution >= 0.6 is 22.6 Å². The summed E-state index contributed by atoms with van der Waals surface area (Å²) in [6, 6.07) is 1.75. The lowest BCUT2D eigenvalue weighted by Gasteiger charge is -2.24. The molecule has 0 radical (unpaired) electrons. The van der Waals surface area contributed by atoms with E-state index in [-0.39, 0.29) is 24.0 Å². The molecule has 0 aliphatic carbocycles. The van der Waals surface area contributed by atoms with Crippen molar-refractivity contribution in [3.63, 3.8) is 0 Å². The van der Waals surface area contributed by atoms with Crippen LogP contribution in [0.25, 0.3) is 0 Å². The highest BCUT2D eigenvalue weighted by atomic mass is 127. The minimum Gasteiger partial charge on any atom is -0.394 e. The molecule has 1 aliphatic rings. The Labute approximate surface area is 112 Å². The van der Waals surface area contributed by atoms with Crippen molar-refractivity contribution in [2.45, 2.75) is 18.9 Å². The van der Waals surface area contributed by atoms with Crippen LogP contribution in [0.5, 0.6) is 0 Å². The first-order valence-electron chi connectivity index (χ1n) is 5.30. The number of anilines is 1. The standard InChI is InChI=1S/C11H11FIN3O/c12-10-8(4-14)9(13)5-15-11(10)16-3-1-2-7(16)6-17/h5,7,17H,1-3,6H2/t7-/m0/s1. The summed E-state index contributed by atoms with van der Waals surface area (Å²) in [5.74, 6) is -0.404. The third-order valence-electron chi connectivity index (χ3n) is 2.93. The van der Waals surface area contributed by atoms with Crippen molar-refractivity contribution in [3.8, 4) is 6.07 Å². The lowest BCUT2D eigenvalue weighted by Crippen LogP contribution is -2.33. The third kappa shape index (κ3) is 2.21. The van der Waals surface area contributed by atoms with Crippen LogP contribution in [0.4, 0.5) is 10.2 Å². The number of halogens is 2. The van der Waals surface area contributed by atoms with E-state index in [1.54, 1.807) is 4.90 Å². The average molecular weight is 347 g/mol. The van der Waals surface area contributed by atoms with Crippen molar-refractivity contribution in [3.05, 3.63) is 21.1 Å². The Kier molecular flexibility index (Phi) is 3.79. The van der Waals surface area contributed by atoms with Gasteiger partial charge >= 0.3 is 0 Å². The summed E-state index contributed by atoms with van der Waals surface area (Å²) in [6.07, 6.45) is 3.22. The maximum absolute atomic E-state index is 14.1. The van der Waals surface area contributed by atoms with E-state index >= 15 is 0 Å². The van der Waals surface area contributed by atoms with Gasteiger partial charge in [-0.05, 0) is 35.4 Å². The molecular formula is C11H11FIN3O. The van der Waals surface area contributed by atoms with Crippen molar-refractivity contribution in [2.24, 2.45) is 0 Å². The molecule has 0 amide bonds. The van der Waals surface area contributed by atoms with Crippen LogP contribution in [0, 0.1) is 20.7 Å². The van der Waals surface area contributed by atoms with Gasteiger partial charge in [-0.3, -0.25) is 0 Å². The SMILES string of the molecule is N#Cc1c(I)cnc(N2CCC[C@H]2CO)c1F. The predicted molar refractivity (Wildman–Crippen MR) is 69.1 cm³/mol. The van der Waals surface area contributed by atoms with Gasteiger partial charge in [0.2, 0.25) is 0 Å². The van der Waals surface area contributed by atoms with Gasteiger partial charge in [0.25, 0.3) is 0 Å². The van der Waals surface area contributed by atoms with Crippen LogP contribution in [-0.4, -0.2) is 29.3 Å². The van der Waals surface area contributed by atoms with Gasteiger partial charge in [-0.15, -0.1) is 0 Å². The Morgan fingerprint density at radius 2 is 2.47 bits per heavy atom. The topological polar surface area (TPSA) is 60.2 Å². The molecule has 90 valence electrons. The van der Waals surface area contributed by atoms with Crippen molar-refractivity contribution in [2.75, 3.05) is 18.1 Å². The monoisotopic (exact) mass is 347 g/mol. The molecule has 1 aromatic rings. The molecule has 2 rings (SSSR count). The molecule has 17 heavy (non-hydrogen) atoms. The van der Waals surface area contributed by atoms with Gasteiger partial charge in [-0.2, -0.15) is 5.26 Å². The number of hydrogen-bond acceptors (Lipinski definition) is 4. The van der Waals surface area contributed by atoms with Gasteiger partial charge in [-0.1, -0.05) is 0 Å². The Hall–Kier alpha value is -0.940. The second-order valence-corrected chi connectivity index (χ2v) is 5.06. The highest BCUT2D eigenvalue weighted by Crippen LogP contribution is 2.28. The zero-order chi connectivity index (χ0) is 12.4. The van der Waals surface area contributed by atoms with Gasteiger partial charge in [-0.25, -0.2) is 9.37 Å². The van der Waals surface area contributed by atoms with Gasteiger partial charge < -0.3 is 10.0 Å². The molecule has 2 heterocycles. The number of pyridine rings is 1. The summed E-state index contributed by atoms with van der Waals surface area (Å²) < 4.78 is 14.6. The molecule has 0 spiro atoms. The van der Waals surface area contributed by atoms with E-state index in [2.05, 4.69) is 4.98 Å². The first-order valence-corrected chi connectivity index (χ1v) is 6.38. The fourth-order valence-electron chi connectivity index (χ4n) is 2.06. The van der Waals surface area contributed by atoms with E-state index in [4.69, 9.17) is 5.26 Å². The van der Waals surface area contributed by atoms with Crippen LogP contribution in [0.1, 0.15) is 18.4 Å². The van der Waals surface area contributed by atoms with Gasteiger partial charge in [0, 0.05) is 12.7 Å². The first kappa shape index (κ1) is 12.5. The smallest absolute Gasteiger partial charge is 0.184 e. The normalized spacial score (nSPS) is 19.4. The number of nitrogens with zero attached hydrogens (tertiary/aromatic N) is 3. The molecule has 0 aromatic carbocycles. The molecule has 1 fully saturated rings. The number of aliphatic hydroxyl groups is 1. The molecule has 1 aromatic heterocycles.